The van der Waals surface area contributed by atoms with Crippen LogP contribution in [0.4, 0.5) is 9.93 Å². The summed E-state index contributed by atoms with van der Waals surface area (Å²) in [7, 11) is 0. The Balaban J connectivity index is 1.68. The van der Waals surface area contributed by atoms with Gasteiger partial charge in [-0.05, 0) is 24.6 Å². The number of nitrogens with zero attached hydrogens (tertiary/aromatic N) is 3. The van der Waals surface area contributed by atoms with Gasteiger partial charge in [-0.1, -0.05) is 11.3 Å². The smallest absolute Gasteiger partial charge is 0.410 e. The monoisotopic (exact) mass is 382 g/mol. The number of benzene rings is 2. The lowest BCUT2D eigenvalue weighted by molar-refractivity contribution is 0.209. The number of phenolic OH excluding ortho intramolecular Hbond substituents is 1. The molecule has 2 aromatic heterocycles. The van der Waals surface area contributed by atoms with Crippen molar-refractivity contribution in [3.05, 3.63) is 30.3 Å². The van der Waals surface area contributed by atoms with Crippen LogP contribution in [0.5, 0.6) is 11.5 Å². The molecular weight excluding hydrogens is 368 g/mol. The molecule has 9 heteroatoms. The van der Waals surface area contributed by atoms with Crippen molar-refractivity contribution in [3.63, 3.8) is 0 Å². The molecule has 0 bridgehead atoms. The molecule has 0 radical (unpaired) electrons. The van der Waals surface area contributed by atoms with Gasteiger partial charge in [0.05, 0.1) is 22.3 Å². The van der Waals surface area contributed by atoms with Crippen LogP contribution in [0.1, 0.15) is 6.42 Å². The zero-order chi connectivity index (χ0) is 18.5. The summed E-state index contributed by atoms with van der Waals surface area (Å²) >= 11 is 1.27. The van der Waals surface area contributed by atoms with Crippen molar-refractivity contribution < 1.29 is 19.7 Å². The lowest BCUT2D eigenvalue weighted by Gasteiger charge is -2.07. The van der Waals surface area contributed by atoms with Crippen LogP contribution in [0.2, 0.25) is 0 Å². The van der Waals surface area contributed by atoms with E-state index in [9.17, 15) is 9.90 Å². The summed E-state index contributed by atoms with van der Waals surface area (Å²) < 4.78 is 8.74. The van der Waals surface area contributed by atoms with Gasteiger partial charge >= 0.3 is 6.09 Å². The van der Waals surface area contributed by atoms with E-state index in [-0.39, 0.29) is 5.75 Å². The average molecular weight is 382 g/mol. The summed E-state index contributed by atoms with van der Waals surface area (Å²) in [4.78, 5) is 19.8. The molecule has 5 rings (SSSR count). The highest BCUT2D eigenvalue weighted by atomic mass is 32.1. The first kappa shape index (κ1) is 15.9. The fourth-order valence-corrected chi connectivity index (χ4v) is 4.27. The number of ether oxygens (including phenoxy) is 1. The standard InChI is InChI=1S/C18H14N4O4S/c23-10-7-12-15-13(8-10)26-5-1-4-22(15)16(19-12)9-2-3-11-14(6-9)27-17(20-11)21-18(24)25/h2-3,6-8,23H,1,4-5H2,(H,20,21)(H,24,25). The van der Waals surface area contributed by atoms with Crippen molar-refractivity contribution in [3.8, 4) is 22.9 Å². The first-order chi connectivity index (χ1) is 13.1. The molecular formula is C18H14N4O4S. The van der Waals surface area contributed by atoms with Gasteiger partial charge in [-0.3, -0.25) is 5.32 Å². The van der Waals surface area contributed by atoms with Gasteiger partial charge in [0.2, 0.25) is 0 Å². The highest BCUT2D eigenvalue weighted by Gasteiger charge is 2.20. The summed E-state index contributed by atoms with van der Waals surface area (Å²) in [6.45, 7) is 1.34. The predicted molar refractivity (Wildman–Crippen MR) is 102 cm³/mol. The first-order valence-corrected chi connectivity index (χ1v) is 9.17. The van der Waals surface area contributed by atoms with E-state index in [2.05, 4.69) is 14.9 Å². The molecule has 3 N–H and O–H groups in total. The molecule has 0 saturated carbocycles. The van der Waals surface area contributed by atoms with Gasteiger partial charge < -0.3 is 19.5 Å². The van der Waals surface area contributed by atoms with E-state index in [1.54, 1.807) is 12.1 Å². The number of thiazole rings is 1. The van der Waals surface area contributed by atoms with E-state index < -0.39 is 6.09 Å². The van der Waals surface area contributed by atoms with Crippen LogP contribution < -0.4 is 10.1 Å². The van der Waals surface area contributed by atoms with Crippen molar-refractivity contribution in [2.75, 3.05) is 11.9 Å². The van der Waals surface area contributed by atoms with Crippen molar-refractivity contribution in [1.29, 1.82) is 0 Å². The van der Waals surface area contributed by atoms with E-state index in [1.165, 1.54) is 11.3 Å². The lowest BCUT2D eigenvalue weighted by Crippen LogP contribution is -2.06. The summed E-state index contributed by atoms with van der Waals surface area (Å²) in [5, 5.41) is 21.4. The number of rotatable bonds is 2. The summed E-state index contributed by atoms with van der Waals surface area (Å²) in [5.74, 6) is 1.54. The molecule has 8 nitrogen and oxygen atoms in total. The first-order valence-electron chi connectivity index (χ1n) is 8.35. The molecule has 0 unspecified atom stereocenters. The maximum absolute atomic E-state index is 10.8. The van der Waals surface area contributed by atoms with E-state index in [1.807, 2.05) is 18.2 Å². The highest BCUT2D eigenvalue weighted by Crippen LogP contribution is 2.37. The van der Waals surface area contributed by atoms with Gasteiger partial charge in [0, 0.05) is 24.2 Å². The Morgan fingerprint density at radius 3 is 2.96 bits per heavy atom. The lowest BCUT2D eigenvalue weighted by atomic mass is 10.2. The minimum Gasteiger partial charge on any atom is -0.508 e. The molecule has 1 aliphatic rings. The number of carbonyl (C=O) groups is 1. The maximum atomic E-state index is 10.8. The van der Waals surface area contributed by atoms with Crippen molar-refractivity contribution >= 4 is 43.8 Å². The van der Waals surface area contributed by atoms with E-state index in [0.29, 0.717) is 23.0 Å². The second-order valence-electron chi connectivity index (χ2n) is 6.23. The Morgan fingerprint density at radius 1 is 1.22 bits per heavy atom. The van der Waals surface area contributed by atoms with Gasteiger partial charge in [-0.15, -0.1) is 0 Å². The van der Waals surface area contributed by atoms with Crippen LogP contribution in [0.25, 0.3) is 32.6 Å². The molecule has 0 aliphatic carbocycles. The van der Waals surface area contributed by atoms with Gasteiger partial charge in [0.15, 0.2) is 5.13 Å². The third-order valence-corrected chi connectivity index (χ3v) is 5.37. The third kappa shape index (κ3) is 2.63. The molecule has 4 aromatic rings. The number of phenols is 1. The SMILES string of the molecule is O=C(O)Nc1nc2ccc(-c3nc4cc(O)cc5c4n3CCCO5)cc2s1. The number of aromatic hydroxyl groups is 1. The van der Waals surface area contributed by atoms with Crippen LogP contribution in [0, 0.1) is 0 Å². The molecule has 0 spiro atoms. The van der Waals surface area contributed by atoms with Gasteiger partial charge in [0.1, 0.15) is 22.8 Å². The summed E-state index contributed by atoms with van der Waals surface area (Å²) in [5.41, 5.74) is 3.18. The summed E-state index contributed by atoms with van der Waals surface area (Å²) in [6.07, 6.45) is -0.301. The zero-order valence-corrected chi connectivity index (χ0v) is 14.8. The number of hydrogen-bond donors (Lipinski definition) is 3. The molecule has 3 heterocycles. The summed E-state index contributed by atoms with van der Waals surface area (Å²) in [6, 6.07) is 8.98. The molecule has 1 amide bonds. The largest absolute Gasteiger partial charge is 0.508 e. The van der Waals surface area contributed by atoms with Gasteiger partial charge in [-0.25, -0.2) is 14.8 Å². The number of fused-ring (bicyclic) bond motifs is 1. The molecule has 0 atom stereocenters. The second kappa shape index (κ2) is 5.85. The Kier molecular flexibility index (Phi) is 3.44. The van der Waals surface area contributed by atoms with Gasteiger partial charge in [-0.2, -0.15) is 0 Å². The second-order valence-corrected chi connectivity index (χ2v) is 7.26. The quantitative estimate of drug-likeness (QED) is 0.485. The minimum atomic E-state index is -1.14. The molecule has 0 saturated heterocycles. The molecule has 1 aliphatic heterocycles. The number of anilines is 1. The van der Waals surface area contributed by atoms with Crippen molar-refractivity contribution in [2.45, 2.75) is 13.0 Å². The van der Waals surface area contributed by atoms with E-state index in [4.69, 9.17) is 14.8 Å². The number of aromatic nitrogens is 3. The molecule has 27 heavy (non-hydrogen) atoms. The minimum absolute atomic E-state index is 0.123. The highest BCUT2D eigenvalue weighted by molar-refractivity contribution is 7.22. The average Bonchev–Trinajstić information content (AvgIpc) is 3.10. The maximum Gasteiger partial charge on any atom is 0.410 e. The number of carboxylic acid groups (broad SMARTS) is 1. The fourth-order valence-electron chi connectivity index (χ4n) is 3.38. The zero-order valence-electron chi connectivity index (χ0n) is 14.0. The molecule has 136 valence electrons. The van der Waals surface area contributed by atoms with E-state index >= 15 is 0 Å². The molecule has 2 aromatic carbocycles. The van der Waals surface area contributed by atoms with Crippen LogP contribution >= 0.6 is 11.3 Å². The number of amides is 1. The van der Waals surface area contributed by atoms with Crippen molar-refractivity contribution in [1.82, 2.24) is 14.5 Å². The van der Waals surface area contributed by atoms with Crippen LogP contribution in [0.15, 0.2) is 30.3 Å². The number of hydrogen-bond acceptors (Lipinski definition) is 6. The number of nitrogens with one attached hydrogen (secondary N) is 1. The topological polar surface area (TPSA) is 110 Å². The number of aryl methyl sites for hydroxylation is 1. The fraction of sp³-hybridized carbons (Fsp3) is 0.167. The van der Waals surface area contributed by atoms with Gasteiger partial charge in [0.25, 0.3) is 0 Å². The number of imidazole rings is 1. The van der Waals surface area contributed by atoms with Crippen LogP contribution in [-0.2, 0) is 6.54 Å². The van der Waals surface area contributed by atoms with Crippen LogP contribution in [-0.4, -0.2) is 37.4 Å². The van der Waals surface area contributed by atoms with E-state index in [0.717, 1.165) is 40.1 Å². The van der Waals surface area contributed by atoms with Crippen molar-refractivity contribution in [2.24, 2.45) is 0 Å². The predicted octanol–water partition coefficient (Wildman–Crippen LogP) is 3.89. The Hall–Kier alpha value is -3.33. The Morgan fingerprint density at radius 2 is 2.11 bits per heavy atom. The van der Waals surface area contributed by atoms with Crippen LogP contribution in [0.3, 0.4) is 0 Å². The normalized spacial score (nSPS) is 13.5. The Labute approximate surface area is 156 Å². The molecule has 0 fully saturated rings. The third-order valence-electron chi connectivity index (χ3n) is 4.44. The Bertz CT molecular complexity index is 1210.